The highest BCUT2D eigenvalue weighted by atomic mass is 35.5. The smallest absolute Gasteiger partial charge is 0.264 e. The van der Waals surface area contributed by atoms with Gasteiger partial charge in [-0.05, 0) is 63.1 Å². The van der Waals surface area contributed by atoms with Crippen molar-refractivity contribution in [1.29, 1.82) is 0 Å². The monoisotopic (exact) mass is 355 g/mol. The van der Waals surface area contributed by atoms with Crippen molar-refractivity contribution in [2.24, 2.45) is 0 Å². The van der Waals surface area contributed by atoms with Crippen LogP contribution in [0.2, 0.25) is 5.02 Å². The molecule has 0 aromatic heterocycles. The van der Waals surface area contributed by atoms with Gasteiger partial charge in [-0.15, -0.1) is 0 Å². The molecule has 0 unspecified atom stereocenters. The lowest BCUT2D eigenvalue weighted by atomic mass is 10.1. The summed E-state index contributed by atoms with van der Waals surface area (Å²) in [7, 11) is -3.98. The minimum atomic E-state index is -3.98. The summed E-state index contributed by atoms with van der Waals surface area (Å²) >= 11 is 6.02. The predicted molar refractivity (Wildman–Crippen MR) is 92.1 cm³/mol. The molecule has 2 aromatic carbocycles. The number of anilines is 1. The van der Waals surface area contributed by atoms with Crippen molar-refractivity contribution in [3.05, 3.63) is 58.4 Å². The first kappa shape index (κ1) is 17.8. The van der Waals surface area contributed by atoms with Crippen molar-refractivity contribution in [3.63, 3.8) is 0 Å². The van der Waals surface area contributed by atoms with E-state index in [1.165, 1.54) is 10.4 Å². The Balaban J connectivity index is 2.70. The van der Waals surface area contributed by atoms with E-state index < -0.39 is 15.8 Å². The Kier molecular flexibility index (Phi) is 5.01. The molecule has 0 heterocycles. The fraction of sp³-hybridized carbons (Fsp3) is 0.294. The average molecular weight is 356 g/mol. The molecule has 23 heavy (non-hydrogen) atoms. The minimum absolute atomic E-state index is 0.00218. The van der Waals surface area contributed by atoms with Crippen LogP contribution >= 0.6 is 11.6 Å². The molecule has 0 aliphatic carbocycles. The van der Waals surface area contributed by atoms with E-state index in [9.17, 15) is 12.8 Å². The fourth-order valence-electron chi connectivity index (χ4n) is 2.42. The van der Waals surface area contributed by atoms with Gasteiger partial charge in [0.2, 0.25) is 0 Å². The number of aryl methyl sites for hydroxylation is 2. The summed E-state index contributed by atoms with van der Waals surface area (Å²) < 4.78 is 41.0. The summed E-state index contributed by atoms with van der Waals surface area (Å²) in [5, 5.41) is 0.00218. The largest absolute Gasteiger partial charge is 0.266 e. The van der Waals surface area contributed by atoms with Crippen LogP contribution < -0.4 is 4.31 Å². The zero-order chi connectivity index (χ0) is 17.4. The molecular weight excluding hydrogens is 337 g/mol. The summed E-state index contributed by atoms with van der Waals surface area (Å²) in [5.74, 6) is -0.641. The molecule has 0 amide bonds. The van der Waals surface area contributed by atoms with Crippen LogP contribution in [0.3, 0.4) is 0 Å². The summed E-state index contributed by atoms with van der Waals surface area (Å²) in [6.07, 6.45) is 0. The van der Waals surface area contributed by atoms with E-state index in [1.807, 2.05) is 26.0 Å². The van der Waals surface area contributed by atoms with Crippen molar-refractivity contribution in [1.82, 2.24) is 0 Å². The van der Waals surface area contributed by atoms with E-state index in [0.717, 1.165) is 23.3 Å². The van der Waals surface area contributed by atoms with Crippen molar-refractivity contribution in [2.45, 2.75) is 38.6 Å². The van der Waals surface area contributed by atoms with Gasteiger partial charge in [0.15, 0.2) is 0 Å². The Morgan fingerprint density at radius 3 is 2.35 bits per heavy atom. The quantitative estimate of drug-likeness (QED) is 0.797. The van der Waals surface area contributed by atoms with Crippen LogP contribution in [0.4, 0.5) is 10.1 Å². The van der Waals surface area contributed by atoms with Crippen molar-refractivity contribution >= 4 is 27.3 Å². The van der Waals surface area contributed by atoms with Crippen LogP contribution in [0.15, 0.2) is 41.3 Å². The molecule has 0 aliphatic rings. The zero-order valence-corrected chi connectivity index (χ0v) is 15.0. The number of sulfonamides is 1. The molecule has 0 bridgehead atoms. The van der Waals surface area contributed by atoms with Gasteiger partial charge < -0.3 is 0 Å². The van der Waals surface area contributed by atoms with Crippen LogP contribution in [0, 0.1) is 19.7 Å². The van der Waals surface area contributed by atoms with Gasteiger partial charge >= 0.3 is 0 Å². The van der Waals surface area contributed by atoms with E-state index in [2.05, 4.69) is 0 Å². The average Bonchev–Trinajstić information content (AvgIpc) is 2.44. The van der Waals surface area contributed by atoms with Crippen LogP contribution in [0.25, 0.3) is 0 Å². The SMILES string of the molecule is Cc1ccc(C)c(N(C(C)C)S(=O)(=O)c2cc(F)ccc2Cl)c1. The Morgan fingerprint density at radius 2 is 1.74 bits per heavy atom. The van der Waals surface area contributed by atoms with Gasteiger partial charge in [-0.3, -0.25) is 4.31 Å². The Hall–Kier alpha value is -1.59. The molecule has 2 rings (SSSR count). The van der Waals surface area contributed by atoms with Gasteiger partial charge in [-0.2, -0.15) is 0 Å². The summed E-state index contributed by atoms with van der Waals surface area (Å²) in [6, 6.07) is 8.59. The molecule has 0 N–H and O–H groups in total. The number of halogens is 2. The van der Waals surface area contributed by atoms with Gasteiger partial charge in [-0.1, -0.05) is 23.7 Å². The molecule has 3 nitrogen and oxygen atoms in total. The van der Waals surface area contributed by atoms with Gasteiger partial charge in [0, 0.05) is 6.04 Å². The van der Waals surface area contributed by atoms with Crippen molar-refractivity contribution < 1.29 is 12.8 Å². The first-order valence-corrected chi connectivity index (χ1v) is 9.03. The van der Waals surface area contributed by atoms with E-state index in [4.69, 9.17) is 11.6 Å². The van der Waals surface area contributed by atoms with E-state index in [1.54, 1.807) is 19.9 Å². The second kappa shape index (κ2) is 6.49. The van der Waals surface area contributed by atoms with E-state index >= 15 is 0 Å². The molecule has 0 radical (unpaired) electrons. The lowest BCUT2D eigenvalue weighted by molar-refractivity contribution is 0.580. The number of hydrogen-bond acceptors (Lipinski definition) is 2. The molecular formula is C17H19ClFNO2S. The molecule has 0 spiro atoms. The molecule has 0 saturated carbocycles. The number of hydrogen-bond donors (Lipinski definition) is 0. The van der Waals surface area contributed by atoms with Gasteiger partial charge in [0.25, 0.3) is 10.0 Å². The van der Waals surface area contributed by atoms with E-state index in [-0.39, 0.29) is 16.0 Å². The van der Waals surface area contributed by atoms with Gasteiger partial charge in [0.1, 0.15) is 10.7 Å². The highest BCUT2D eigenvalue weighted by Crippen LogP contribution is 2.33. The van der Waals surface area contributed by atoms with Crippen LogP contribution in [-0.4, -0.2) is 14.5 Å². The Labute approximate surface area is 141 Å². The van der Waals surface area contributed by atoms with Crippen molar-refractivity contribution in [3.8, 4) is 0 Å². The first-order chi connectivity index (χ1) is 10.6. The standard InChI is InChI=1S/C17H19ClFNO2S/c1-11(2)20(16-9-12(3)5-6-13(16)4)23(21,22)17-10-14(19)7-8-15(17)18/h5-11H,1-4H3. The van der Waals surface area contributed by atoms with Gasteiger partial charge in [0.05, 0.1) is 10.7 Å². The predicted octanol–water partition coefficient (Wildman–Crippen LogP) is 4.70. The third-order valence-corrected chi connectivity index (χ3v) is 5.97. The fourth-order valence-corrected chi connectivity index (χ4v) is 4.63. The summed E-state index contributed by atoms with van der Waals surface area (Å²) in [4.78, 5) is -0.228. The molecule has 2 aromatic rings. The van der Waals surface area contributed by atoms with Crippen LogP contribution in [0.1, 0.15) is 25.0 Å². The van der Waals surface area contributed by atoms with Crippen molar-refractivity contribution in [2.75, 3.05) is 4.31 Å². The molecule has 0 fully saturated rings. The zero-order valence-electron chi connectivity index (χ0n) is 13.5. The lowest BCUT2D eigenvalue weighted by Gasteiger charge is -2.30. The third kappa shape index (κ3) is 3.51. The molecule has 0 atom stereocenters. The molecule has 124 valence electrons. The molecule has 0 aliphatic heterocycles. The number of benzene rings is 2. The third-order valence-electron chi connectivity index (χ3n) is 3.50. The number of rotatable bonds is 4. The summed E-state index contributed by atoms with van der Waals surface area (Å²) in [5.41, 5.74) is 2.33. The first-order valence-electron chi connectivity index (χ1n) is 7.21. The maximum Gasteiger partial charge on any atom is 0.266 e. The summed E-state index contributed by atoms with van der Waals surface area (Å²) in [6.45, 7) is 7.27. The minimum Gasteiger partial charge on any atom is -0.264 e. The normalized spacial score (nSPS) is 11.8. The highest BCUT2D eigenvalue weighted by molar-refractivity contribution is 7.93. The lowest BCUT2D eigenvalue weighted by Crippen LogP contribution is -2.37. The van der Waals surface area contributed by atoms with E-state index in [0.29, 0.717) is 5.69 Å². The number of nitrogens with zero attached hydrogens (tertiary/aromatic N) is 1. The second-order valence-electron chi connectivity index (χ2n) is 5.76. The van der Waals surface area contributed by atoms with Gasteiger partial charge in [-0.25, -0.2) is 12.8 Å². The highest BCUT2D eigenvalue weighted by Gasteiger charge is 2.30. The van der Waals surface area contributed by atoms with Crippen LogP contribution in [0.5, 0.6) is 0 Å². The Bertz CT molecular complexity index is 834. The maximum absolute atomic E-state index is 13.5. The molecule has 6 heteroatoms. The topological polar surface area (TPSA) is 37.4 Å². The van der Waals surface area contributed by atoms with Crippen LogP contribution in [-0.2, 0) is 10.0 Å². The Morgan fingerprint density at radius 1 is 1.09 bits per heavy atom. The second-order valence-corrected chi connectivity index (χ2v) is 7.95. The maximum atomic E-state index is 13.5. The molecule has 0 saturated heterocycles.